The number of aliphatic hydroxyl groups is 1. The number of aryl methyl sites for hydroxylation is 1. The van der Waals surface area contributed by atoms with Gasteiger partial charge in [0.15, 0.2) is 5.60 Å². The van der Waals surface area contributed by atoms with Gasteiger partial charge in [-0.15, -0.1) is 0 Å². The van der Waals surface area contributed by atoms with Gasteiger partial charge in [-0.1, -0.05) is 31.2 Å². The van der Waals surface area contributed by atoms with E-state index in [0.717, 1.165) is 41.6 Å². The molecule has 3 fully saturated rings. The van der Waals surface area contributed by atoms with Gasteiger partial charge < -0.3 is 19.7 Å². The normalized spacial score (nSPS) is 33.7. The van der Waals surface area contributed by atoms with Crippen LogP contribution in [0.5, 0.6) is 0 Å². The number of nitriles is 1. The molecule has 1 aromatic carbocycles. The number of benzene rings is 1. The highest BCUT2D eigenvalue weighted by Crippen LogP contribution is 2.69. The number of esters is 1. The number of quaternary nitrogens is 1. The summed E-state index contributed by atoms with van der Waals surface area (Å²) in [5.74, 6) is -1.06. The molecule has 0 bridgehead atoms. The molecule has 45 heavy (non-hydrogen) atoms. The number of nitrogens with one attached hydrogen (secondary N) is 1. The third-order valence-corrected chi connectivity index (χ3v) is 12.2. The topological polar surface area (TPSA) is 141 Å². The van der Waals surface area contributed by atoms with Crippen LogP contribution in [0.4, 0.5) is 10.1 Å². The Balaban J connectivity index is 1.33. The Bertz CT molecular complexity index is 1640. The van der Waals surface area contributed by atoms with Gasteiger partial charge >= 0.3 is 5.97 Å². The zero-order valence-corrected chi connectivity index (χ0v) is 26.6. The molecule has 1 heterocycles. The highest BCUT2D eigenvalue weighted by molar-refractivity contribution is 8.14. The largest absolute Gasteiger partial charge is 0.457 e. The van der Waals surface area contributed by atoms with Crippen molar-refractivity contribution in [3.8, 4) is 6.07 Å². The minimum atomic E-state index is -1.51. The van der Waals surface area contributed by atoms with Crippen molar-refractivity contribution in [3.05, 3.63) is 76.7 Å². The van der Waals surface area contributed by atoms with Crippen LogP contribution in [0.2, 0.25) is 0 Å². The molecule has 1 aromatic heterocycles. The molecule has 4 aliphatic carbocycles. The smallest absolute Gasteiger partial charge is 0.375 e. The third kappa shape index (κ3) is 5.00. The molecule has 0 amide bonds. The Kier molecular flexibility index (Phi) is 8.17. The number of rotatable bonds is 7. The number of hydrogen-bond donors (Lipinski definition) is 3. The van der Waals surface area contributed by atoms with Crippen LogP contribution in [0.3, 0.4) is 0 Å². The molecule has 6 rings (SSSR count). The van der Waals surface area contributed by atoms with Gasteiger partial charge in [0, 0.05) is 34.9 Å². The lowest BCUT2D eigenvalue weighted by Gasteiger charge is -2.60. The second-order valence-electron chi connectivity index (χ2n) is 13.5. The Morgan fingerprint density at radius 2 is 2.02 bits per heavy atom. The molecule has 2 unspecified atom stereocenters. The zero-order valence-electron chi connectivity index (χ0n) is 25.8. The molecule has 0 saturated heterocycles. The first kappa shape index (κ1) is 31.5. The summed E-state index contributed by atoms with van der Waals surface area (Å²) in [4.78, 5) is 27.5. The van der Waals surface area contributed by atoms with E-state index in [1.165, 1.54) is 30.2 Å². The average molecular weight is 633 g/mol. The summed E-state index contributed by atoms with van der Waals surface area (Å²) in [5, 5.41) is 31.3. The summed E-state index contributed by atoms with van der Waals surface area (Å²) in [6, 6.07) is 9.99. The fourth-order valence-electron chi connectivity index (χ4n) is 9.26. The van der Waals surface area contributed by atoms with Gasteiger partial charge in [0.25, 0.3) is 0 Å². The SMILES string of the molecule is Cc1ccoc1C(=O)O[C@]1(C(=O)SCC#N)CCC2[C@@H]3CCC4=CC([NH2+]c5ccc(F)cc5)=C(C=N)C[C@]4(C)C3[C@@H](O)C[C@@]21C. The van der Waals surface area contributed by atoms with Crippen LogP contribution in [0, 0.1) is 58.1 Å². The predicted molar refractivity (Wildman–Crippen MR) is 167 cm³/mol. The second-order valence-corrected chi connectivity index (χ2v) is 14.5. The highest BCUT2D eigenvalue weighted by atomic mass is 32.2. The summed E-state index contributed by atoms with van der Waals surface area (Å²) < 4.78 is 25.2. The Hall–Kier alpha value is -3.52. The van der Waals surface area contributed by atoms with E-state index in [0.29, 0.717) is 24.8 Å². The molecule has 0 spiro atoms. The summed E-state index contributed by atoms with van der Waals surface area (Å²) in [5.41, 5.74) is 1.72. The number of nitrogens with zero attached hydrogens (tertiary/aromatic N) is 1. The monoisotopic (exact) mass is 632 g/mol. The highest BCUT2D eigenvalue weighted by Gasteiger charge is 2.71. The number of allylic oxidation sites excluding steroid dienone is 3. The number of furan rings is 1. The molecule has 4 N–H and O–H groups in total. The molecule has 3 saturated carbocycles. The molecule has 8 nitrogen and oxygen atoms in total. The van der Waals surface area contributed by atoms with E-state index in [9.17, 15) is 24.3 Å². The molecular formula is C35H39FN3O5S+. The number of carbonyl (C=O) groups excluding carboxylic acids is 2. The number of ether oxygens (including phenoxy) is 1. The third-order valence-electron chi connectivity index (χ3n) is 11.3. The number of halogens is 1. The fourth-order valence-corrected chi connectivity index (χ4v) is 10.1. The summed E-state index contributed by atoms with van der Waals surface area (Å²) in [7, 11) is 0. The number of nitrogens with two attached hydrogens (primary N) is 1. The van der Waals surface area contributed by atoms with Crippen LogP contribution in [0.15, 0.2) is 63.9 Å². The first-order valence-electron chi connectivity index (χ1n) is 15.5. The van der Waals surface area contributed by atoms with Crippen LogP contribution in [0.25, 0.3) is 0 Å². The lowest BCUT2D eigenvalue weighted by molar-refractivity contribution is -0.513. The van der Waals surface area contributed by atoms with Crippen molar-refractivity contribution in [1.29, 1.82) is 10.7 Å². The standard InChI is InChI=1S/C35H38FN3O5S/c1-20-11-14-43-30(20)31(41)44-35(32(42)45-15-13-37)12-10-26-25-9-4-22-16-27(39-24-7-5-23(36)6-8-24)21(19-38)17-33(22,2)29(25)28(40)18-34(26,35)3/h5-8,11,14,16,19,25-26,28-29,38-40H,4,9-10,12,15,17-18H2,1-3H3/p+1/t25-,26?,28-,29?,33-,34-,35-/m0/s1. The summed E-state index contributed by atoms with van der Waals surface area (Å²) in [6.07, 6.45) is 7.61. The molecule has 7 atom stereocenters. The van der Waals surface area contributed by atoms with Crippen LogP contribution in [-0.4, -0.2) is 39.9 Å². The van der Waals surface area contributed by atoms with E-state index in [1.807, 2.05) is 18.3 Å². The molecule has 10 heteroatoms. The maximum atomic E-state index is 14.0. The maximum absolute atomic E-state index is 14.0. The van der Waals surface area contributed by atoms with Gasteiger partial charge in [-0.2, -0.15) is 5.26 Å². The van der Waals surface area contributed by atoms with Crippen molar-refractivity contribution in [2.24, 2.45) is 28.6 Å². The van der Waals surface area contributed by atoms with E-state index >= 15 is 0 Å². The second kappa shape index (κ2) is 11.7. The predicted octanol–water partition coefficient (Wildman–Crippen LogP) is 5.75. The molecule has 0 radical (unpaired) electrons. The van der Waals surface area contributed by atoms with Crippen molar-refractivity contribution in [2.75, 3.05) is 5.75 Å². The van der Waals surface area contributed by atoms with Gasteiger partial charge in [0.05, 0.1) is 24.2 Å². The van der Waals surface area contributed by atoms with E-state index in [2.05, 4.69) is 13.0 Å². The van der Waals surface area contributed by atoms with Crippen molar-refractivity contribution in [1.82, 2.24) is 0 Å². The first-order valence-corrected chi connectivity index (χ1v) is 16.5. The number of hydrogen-bond acceptors (Lipinski definition) is 8. The number of aliphatic hydroxyl groups excluding tert-OH is 1. The lowest BCUT2D eigenvalue weighted by Crippen LogP contribution is -2.76. The number of fused-ring (bicyclic) bond motifs is 5. The van der Waals surface area contributed by atoms with E-state index in [-0.39, 0.29) is 46.6 Å². The molecule has 0 aliphatic heterocycles. The Morgan fingerprint density at radius 3 is 2.69 bits per heavy atom. The minimum Gasteiger partial charge on any atom is -0.457 e. The summed E-state index contributed by atoms with van der Waals surface area (Å²) >= 11 is 0.869. The minimum absolute atomic E-state index is 0.000920. The fraction of sp³-hybridized carbons (Fsp3) is 0.486. The van der Waals surface area contributed by atoms with E-state index in [1.54, 1.807) is 25.1 Å². The van der Waals surface area contributed by atoms with Crippen molar-refractivity contribution >= 4 is 34.7 Å². The van der Waals surface area contributed by atoms with Crippen LogP contribution in [-0.2, 0) is 9.53 Å². The van der Waals surface area contributed by atoms with Crippen molar-refractivity contribution in [3.63, 3.8) is 0 Å². The summed E-state index contributed by atoms with van der Waals surface area (Å²) in [6.45, 7) is 5.91. The van der Waals surface area contributed by atoms with Gasteiger partial charge in [0.2, 0.25) is 10.9 Å². The lowest BCUT2D eigenvalue weighted by atomic mass is 9.45. The van der Waals surface area contributed by atoms with Crippen LogP contribution in [0.1, 0.15) is 68.5 Å². The molecule has 4 aliphatic rings. The quantitative estimate of drug-likeness (QED) is 0.201. The van der Waals surface area contributed by atoms with E-state index in [4.69, 9.17) is 14.6 Å². The number of carbonyl (C=O) groups is 2. The van der Waals surface area contributed by atoms with Crippen LogP contribution >= 0.6 is 11.8 Å². The van der Waals surface area contributed by atoms with Gasteiger partial charge in [0.1, 0.15) is 17.2 Å². The van der Waals surface area contributed by atoms with Gasteiger partial charge in [-0.25, -0.2) is 9.18 Å². The molecule has 2 aromatic rings. The Morgan fingerprint density at radius 1 is 1.27 bits per heavy atom. The van der Waals surface area contributed by atoms with Crippen molar-refractivity contribution in [2.45, 2.75) is 71.0 Å². The number of thioether (sulfide) groups is 1. The van der Waals surface area contributed by atoms with E-state index < -0.39 is 28.5 Å². The molecule has 236 valence electrons. The zero-order chi connectivity index (χ0) is 32.1. The van der Waals surface area contributed by atoms with Gasteiger partial charge in [-0.3, -0.25) is 10.1 Å². The van der Waals surface area contributed by atoms with Gasteiger partial charge in [-0.05, 0) is 92.9 Å². The molecular weight excluding hydrogens is 593 g/mol. The maximum Gasteiger partial charge on any atom is 0.375 e. The van der Waals surface area contributed by atoms with Crippen molar-refractivity contribution < 1.29 is 33.6 Å². The van der Waals surface area contributed by atoms with Crippen LogP contribution < -0.4 is 5.32 Å². The Labute approximate surface area is 266 Å². The first-order chi connectivity index (χ1) is 21.5. The average Bonchev–Trinajstić information content (AvgIpc) is 3.57.